The number of halogens is 1. The largest absolute Gasteiger partial charge is 0.383 e. The van der Waals surface area contributed by atoms with Gasteiger partial charge in [-0.3, -0.25) is 0 Å². The van der Waals surface area contributed by atoms with Crippen molar-refractivity contribution in [3.05, 3.63) is 29.1 Å². The molecule has 5 nitrogen and oxygen atoms in total. The maximum Gasteiger partial charge on any atom is 0.182 e. The maximum atomic E-state index is 5.02. The first-order valence-corrected chi connectivity index (χ1v) is 5.60. The van der Waals surface area contributed by atoms with Crippen molar-refractivity contribution in [3.63, 3.8) is 0 Å². The lowest BCUT2D eigenvalue weighted by atomic mass is 10.3. The van der Waals surface area contributed by atoms with Gasteiger partial charge in [-0.25, -0.2) is 4.98 Å². The van der Waals surface area contributed by atoms with Crippen molar-refractivity contribution in [3.8, 4) is 11.5 Å². The number of hydrogen-bond donors (Lipinski definition) is 0. The Kier molecular flexibility index (Phi) is 3.63. The van der Waals surface area contributed by atoms with Crippen LogP contribution in [0.2, 0.25) is 0 Å². The molecular formula is C10H11BrN4O. The summed E-state index contributed by atoms with van der Waals surface area (Å²) >= 11 is 3.33. The van der Waals surface area contributed by atoms with Gasteiger partial charge in [0.25, 0.3) is 0 Å². The number of methoxy groups -OCH3 is 1. The van der Waals surface area contributed by atoms with E-state index in [9.17, 15) is 0 Å². The summed E-state index contributed by atoms with van der Waals surface area (Å²) in [6.07, 6.45) is 1.68. The molecule has 0 aromatic carbocycles. The molecule has 2 aromatic heterocycles. The van der Waals surface area contributed by atoms with Crippen molar-refractivity contribution in [2.75, 3.05) is 13.7 Å². The summed E-state index contributed by atoms with van der Waals surface area (Å²) in [6.45, 7) is 1.34. The van der Waals surface area contributed by atoms with Gasteiger partial charge in [0.05, 0.1) is 6.61 Å². The summed E-state index contributed by atoms with van der Waals surface area (Å²) < 4.78 is 7.72. The number of nitrogens with zero attached hydrogens (tertiary/aromatic N) is 4. The minimum absolute atomic E-state index is 0.624. The Hall–Kier alpha value is -1.27. The van der Waals surface area contributed by atoms with Crippen LogP contribution in [0, 0.1) is 0 Å². The second-order valence-corrected chi connectivity index (χ2v) is 4.00. The van der Waals surface area contributed by atoms with Crippen LogP contribution in [0.4, 0.5) is 0 Å². The molecule has 2 aromatic rings. The molecule has 0 fully saturated rings. The topological polar surface area (TPSA) is 52.8 Å². The van der Waals surface area contributed by atoms with Gasteiger partial charge >= 0.3 is 0 Å². The van der Waals surface area contributed by atoms with Crippen molar-refractivity contribution in [1.29, 1.82) is 0 Å². The third kappa shape index (κ3) is 2.45. The van der Waals surface area contributed by atoms with E-state index in [1.165, 1.54) is 0 Å². The first-order valence-electron chi connectivity index (χ1n) is 4.81. The van der Waals surface area contributed by atoms with Crippen LogP contribution in [0.3, 0.4) is 0 Å². The quantitative estimate of drug-likeness (QED) is 0.802. The first-order chi connectivity index (χ1) is 7.81. The van der Waals surface area contributed by atoms with E-state index in [1.54, 1.807) is 13.4 Å². The van der Waals surface area contributed by atoms with Gasteiger partial charge in [-0.2, -0.15) is 0 Å². The lowest BCUT2D eigenvalue weighted by Gasteiger charge is -2.05. The highest BCUT2D eigenvalue weighted by molar-refractivity contribution is 9.10. The van der Waals surface area contributed by atoms with Crippen molar-refractivity contribution in [2.24, 2.45) is 0 Å². The lowest BCUT2D eigenvalue weighted by Crippen LogP contribution is -2.05. The monoisotopic (exact) mass is 282 g/mol. The van der Waals surface area contributed by atoms with E-state index in [4.69, 9.17) is 4.74 Å². The van der Waals surface area contributed by atoms with E-state index in [0.717, 1.165) is 16.1 Å². The molecule has 0 atom stereocenters. The van der Waals surface area contributed by atoms with Gasteiger partial charge in [0.1, 0.15) is 16.6 Å². The van der Waals surface area contributed by atoms with Gasteiger partial charge in [0.15, 0.2) is 5.82 Å². The van der Waals surface area contributed by atoms with Crippen LogP contribution >= 0.6 is 15.9 Å². The Morgan fingerprint density at radius 3 is 3.06 bits per heavy atom. The molecule has 2 heterocycles. The van der Waals surface area contributed by atoms with Gasteiger partial charge in [-0.05, 0) is 28.1 Å². The van der Waals surface area contributed by atoms with Crippen molar-refractivity contribution in [2.45, 2.75) is 6.54 Å². The van der Waals surface area contributed by atoms with Gasteiger partial charge in [0.2, 0.25) is 0 Å². The standard InChI is InChI=1S/C10H11BrN4O/c1-16-6-5-15-7-12-14-10(15)8-3-2-4-9(11)13-8/h2-4,7H,5-6H2,1H3. The number of pyridine rings is 1. The fraction of sp³-hybridized carbons (Fsp3) is 0.300. The molecular weight excluding hydrogens is 272 g/mol. The Morgan fingerprint density at radius 2 is 2.31 bits per heavy atom. The molecule has 0 aliphatic heterocycles. The molecule has 0 amide bonds. The Labute approximate surface area is 102 Å². The van der Waals surface area contributed by atoms with Crippen LogP contribution in [-0.2, 0) is 11.3 Å². The van der Waals surface area contributed by atoms with Gasteiger partial charge in [0, 0.05) is 13.7 Å². The van der Waals surface area contributed by atoms with Crippen LogP contribution in [-0.4, -0.2) is 33.5 Å². The Balaban J connectivity index is 2.29. The third-order valence-corrected chi connectivity index (χ3v) is 2.54. The summed E-state index contributed by atoms with van der Waals surface area (Å²) in [5, 5.41) is 7.94. The van der Waals surface area contributed by atoms with E-state index in [2.05, 4.69) is 31.1 Å². The van der Waals surface area contributed by atoms with Gasteiger partial charge < -0.3 is 9.30 Å². The third-order valence-electron chi connectivity index (χ3n) is 2.10. The summed E-state index contributed by atoms with van der Waals surface area (Å²) in [5.41, 5.74) is 0.794. The average Bonchev–Trinajstić information content (AvgIpc) is 2.74. The molecule has 16 heavy (non-hydrogen) atoms. The molecule has 6 heteroatoms. The van der Waals surface area contributed by atoms with E-state index in [-0.39, 0.29) is 0 Å². The minimum atomic E-state index is 0.624. The summed E-state index contributed by atoms with van der Waals surface area (Å²) in [7, 11) is 1.67. The number of rotatable bonds is 4. The van der Waals surface area contributed by atoms with Crippen LogP contribution in [0.25, 0.3) is 11.5 Å². The number of aromatic nitrogens is 4. The summed E-state index contributed by atoms with van der Waals surface area (Å²) in [6, 6.07) is 5.69. The maximum absolute atomic E-state index is 5.02. The average molecular weight is 283 g/mol. The number of ether oxygens (including phenoxy) is 1. The highest BCUT2D eigenvalue weighted by Gasteiger charge is 2.08. The van der Waals surface area contributed by atoms with E-state index >= 15 is 0 Å². The Bertz CT molecular complexity index is 471. The SMILES string of the molecule is COCCn1cnnc1-c1cccc(Br)n1. The molecule has 0 N–H and O–H groups in total. The Morgan fingerprint density at radius 1 is 1.44 bits per heavy atom. The van der Waals surface area contributed by atoms with Gasteiger partial charge in [-0.1, -0.05) is 6.07 Å². The molecule has 0 spiro atoms. The fourth-order valence-electron chi connectivity index (χ4n) is 1.34. The molecule has 84 valence electrons. The zero-order chi connectivity index (χ0) is 11.4. The van der Waals surface area contributed by atoms with E-state index in [0.29, 0.717) is 13.2 Å². The van der Waals surface area contributed by atoms with Crippen molar-refractivity contribution < 1.29 is 4.74 Å². The summed E-state index contributed by atoms with van der Waals surface area (Å²) in [4.78, 5) is 4.34. The predicted octanol–water partition coefficient (Wildman–Crippen LogP) is 1.75. The normalized spacial score (nSPS) is 10.6. The molecule has 0 saturated carbocycles. The molecule has 0 radical (unpaired) electrons. The van der Waals surface area contributed by atoms with Crippen LogP contribution in [0.1, 0.15) is 0 Å². The van der Waals surface area contributed by atoms with Gasteiger partial charge in [-0.15, -0.1) is 10.2 Å². The van der Waals surface area contributed by atoms with Crippen LogP contribution in [0.5, 0.6) is 0 Å². The molecule has 0 unspecified atom stereocenters. The molecule has 0 bridgehead atoms. The smallest absolute Gasteiger partial charge is 0.182 e. The second-order valence-electron chi connectivity index (χ2n) is 3.19. The second kappa shape index (κ2) is 5.18. The zero-order valence-electron chi connectivity index (χ0n) is 8.80. The van der Waals surface area contributed by atoms with Crippen LogP contribution < -0.4 is 0 Å². The van der Waals surface area contributed by atoms with Crippen LogP contribution in [0.15, 0.2) is 29.1 Å². The highest BCUT2D eigenvalue weighted by Crippen LogP contribution is 2.16. The zero-order valence-corrected chi connectivity index (χ0v) is 10.4. The number of hydrogen-bond acceptors (Lipinski definition) is 4. The lowest BCUT2D eigenvalue weighted by molar-refractivity contribution is 0.187. The van der Waals surface area contributed by atoms with Crippen molar-refractivity contribution >= 4 is 15.9 Å². The predicted molar refractivity (Wildman–Crippen MR) is 62.8 cm³/mol. The fourth-order valence-corrected chi connectivity index (χ4v) is 1.68. The minimum Gasteiger partial charge on any atom is -0.383 e. The first kappa shape index (κ1) is 11.2. The molecule has 0 aliphatic carbocycles. The highest BCUT2D eigenvalue weighted by atomic mass is 79.9. The van der Waals surface area contributed by atoms with Crippen molar-refractivity contribution in [1.82, 2.24) is 19.7 Å². The molecule has 0 aliphatic rings. The summed E-state index contributed by atoms with van der Waals surface area (Å²) in [5.74, 6) is 0.748. The molecule has 2 rings (SSSR count). The van der Waals surface area contributed by atoms with E-state index in [1.807, 2.05) is 22.8 Å². The molecule has 0 saturated heterocycles. The van der Waals surface area contributed by atoms with E-state index < -0.39 is 0 Å².